The van der Waals surface area contributed by atoms with Gasteiger partial charge in [0.05, 0.1) is 11.9 Å². The number of benzene rings is 1. The molecule has 3 nitrogen and oxygen atoms in total. The van der Waals surface area contributed by atoms with Crippen molar-refractivity contribution in [1.82, 2.24) is 4.98 Å². The first kappa shape index (κ1) is 11.9. The van der Waals surface area contributed by atoms with E-state index in [-0.39, 0.29) is 0 Å². The number of hydrogen-bond acceptors (Lipinski definition) is 3. The van der Waals surface area contributed by atoms with Gasteiger partial charge in [-0.25, -0.2) is 0 Å². The van der Waals surface area contributed by atoms with E-state index in [0.717, 1.165) is 21.4 Å². The molecule has 0 unspecified atom stereocenters. The topological polar surface area (TPSA) is 45.1 Å². The maximum Gasteiger partial charge on any atom is 0.120 e. The van der Waals surface area contributed by atoms with Crippen molar-refractivity contribution in [1.29, 1.82) is 0 Å². The Hall–Kier alpha value is -1.55. The lowest BCUT2D eigenvalue weighted by Crippen LogP contribution is -2.00. The molecule has 0 spiro atoms. The summed E-state index contributed by atoms with van der Waals surface area (Å²) in [7, 11) is 0. The van der Waals surface area contributed by atoms with Crippen LogP contribution in [0.1, 0.15) is 11.3 Å². The van der Waals surface area contributed by atoms with Gasteiger partial charge in [0.1, 0.15) is 5.75 Å². The third kappa shape index (κ3) is 3.20. The number of halogens is 1. The van der Waals surface area contributed by atoms with Crippen molar-refractivity contribution < 1.29 is 5.11 Å². The van der Waals surface area contributed by atoms with E-state index < -0.39 is 0 Å². The Bertz CT molecular complexity index is 511. The van der Waals surface area contributed by atoms with Crippen LogP contribution in [0.2, 0.25) is 0 Å². The zero-order valence-corrected chi connectivity index (χ0v) is 11.0. The molecule has 0 aliphatic rings. The first-order chi connectivity index (χ1) is 8.15. The lowest BCUT2D eigenvalue weighted by Gasteiger charge is -2.08. The zero-order chi connectivity index (χ0) is 12.3. The molecule has 1 aromatic carbocycles. The SMILES string of the molecule is Cc1ccc(NCc2cc(Br)ccc2O)cn1. The van der Waals surface area contributed by atoms with E-state index in [1.165, 1.54) is 0 Å². The summed E-state index contributed by atoms with van der Waals surface area (Å²) in [5, 5.41) is 12.9. The van der Waals surface area contributed by atoms with Crippen LogP contribution in [0.4, 0.5) is 5.69 Å². The number of aromatic nitrogens is 1. The van der Waals surface area contributed by atoms with Crippen LogP contribution in [0, 0.1) is 6.92 Å². The highest BCUT2D eigenvalue weighted by molar-refractivity contribution is 9.10. The Kier molecular flexibility index (Phi) is 3.64. The molecule has 0 aliphatic carbocycles. The van der Waals surface area contributed by atoms with Gasteiger partial charge in [0.25, 0.3) is 0 Å². The third-order valence-corrected chi connectivity index (χ3v) is 2.93. The summed E-state index contributed by atoms with van der Waals surface area (Å²) >= 11 is 3.38. The van der Waals surface area contributed by atoms with Crippen molar-refractivity contribution in [3.8, 4) is 5.75 Å². The van der Waals surface area contributed by atoms with Crippen molar-refractivity contribution in [3.05, 3.63) is 52.3 Å². The van der Waals surface area contributed by atoms with E-state index in [1.54, 1.807) is 12.3 Å². The fraction of sp³-hybridized carbons (Fsp3) is 0.154. The number of phenolic OH excluding ortho intramolecular Hbond substituents is 1. The molecular weight excluding hydrogens is 280 g/mol. The monoisotopic (exact) mass is 292 g/mol. The first-order valence-electron chi connectivity index (χ1n) is 5.29. The Morgan fingerprint density at radius 2 is 2.12 bits per heavy atom. The number of hydrogen-bond donors (Lipinski definition) is 2. The Balaban J connectivity index is 2.07. The van der Waals surface area contributed by atoms with E-state index in [2.05, 4.69) is 26.2 Å². The van der Waals surface area contributed by atoms with Gasteiger partial charge in [-0.3, -0.25) is 4.98 Å². The van der Waals surface area contributed by atoms with Gasteiger partial charge < -0.3 is 10.4 Å². The van der Waals surface area contributed by atoms with Crippen molar-refractivity contribution >= 4 is 21.6 Å². The van der Waals surface area contributed by atoms with Gasteiger partial charge in [0, 0.05) is 22.3 Å². The summed E-state index contributed by atoms with van der Waals surface area (Å²) in [5.41, 5.74) is 2.77. The van der Waals surface area contributed by atoms with Gasteiger partial charge in [0.15, 0.2) is 0 Å². The maximum absolute atomic E-state index is 9.68. The fourth-order valence-corrected chi connectivity index (χ4v) is 1.87. The lowest BCUT2D eigenvalue weighted by atomic mass is 10.2. The van der Waals surface area contributed by atoms with Crippen LogP contribution in [0.15, 0.2) is 41.0 Å². The van der Waals surface area contributed by atoms with Gasteiger partial charge in [0.2, 0.25) is 0 Å². The Labute approximate surface area is 109 Å². The Morgan fingerprint density at radius 1 is 1.29 bits per heavy atom. The highest BCUT2D eigenvalue weighted by Crippen LogP contribution is 2.22. The van der Waals surface area contributed by atoms with E-state index >= 15 is 0 Å². The molecule has 0 saturated carbocycles. The molecule has 0 bridgehead atoms. The number of rotatable bonds is 3. The minimum Gasteiger partial charge on any atom is -0.508 e. The minimum atomic E-state index is 0.292. The number of phenols is 1. The molecule has 1 heterocycles. The standard InChI is InChI=1S/C13H13BrN2O/c1-9-2-4-12(8-15-9)16-7-10-6-11(14)3-5-13(10)17/h2-6,8,16-17H,7H2,1H3. The van der Waals surface area contributed by atoms with Crippen molar-refractivity contribution in [3.63, 3.8) is 0 Å². The normalized spacial score (nSPS) is 10.2. The second-order valence-corrected chi connectivity index (χ2v) is 4.73. The molecule has 2 N–H and O–H groups in total. The second kappa shape index (κ2) is 5.19. The summed E-state index contributed by atoms with van der Waals surface area (Å²) in [6, 6.07) is 9.30. The molecule has 1 aromatic heterocycles. The van der Waals surface area contributed by atoms with Crippen LogP contribution in [0.5, 0.6) is 5.75 Å². The number of nitrogens with zero attached hydrogens (tertiary/aromatic N) is 1. The van der Waals surface area contributed by atoms with Crippen LogP contribution in [0.25, 0.3) is 0 Å². The largest absolute Gasteiger partial charge is 0.508 e. The van der Waals surface area contributed by atoms with Crippen LogP contribution in [0.3, 0.4) is 0 Å². The number of nitrogens with one attached hydrogen (secondary N) is 1. The highest BCUT2D eigenvalue weighted by Gasteiger charge is 2.01. The molecule has 88 valence electrons. The summed E-state index contributed by atoms with van der Waals surface area (Å²) in [4.78, 5) is 4.20. The van der Waals surface area contributed by atoms with E-state index in [4.69, 9.17) is 0 Å². The fourth-order valence-electron chi connectivity index (χ4n) is 1.47. The first-order valence-corrected chi connectivity index (χ1v) is 6.08. The van der Waals surface area contributed by atoms with E-state index in [1.807, 2.05) is 31.2 Å². The van der Waals surface area contributed by atoms with Crippen molar-refractivity contribution in [2.45, 2.75) is 13.5 Å². The van der Waals surface area contributed by atoms with E-state index in [0.29, 0.717) is 12.3 Å². The quantitative estimate of drug-likeness (QED) is 0.910. The molecule has 0 saturated heterocycles. The van der Waals surface area contributed by atoms with Gasteiger partial charge in [-0.2, -0.15) is 0 Å². The number of aryl methyl sites for hydroxylation is 1. The van der Waals surface area contributed by atoms with Gasteiger partial charge in [-0.15, -0.1) is 0 Å². The molecule has 0 amide bonds. The number of anilines is 1. The summed E-state index contributed by atoms with van der Waals surface area (Å²) in [5.74, 6) is 0.292. The van der Waals surface area contributed by atoms with Crippen molar-refractivity contribution in [2.75, 3.05) is 5.32 Å². The molecule has 17 heavy (non-hydrogen) atoms. The van der Waals surface area contributed by atoms with Gasteiger partial charge >= 0.3 is 0 Å². The predicted molar refractivity (Wildman–Crippen MR) is 72.1 cm³/mol. The maximum atomic E-state index is 9.68. The molecule has 2 aromatic rings. The zero-order valence-electron chi connectivity index (χ0n) is 9.44. The number of aromatic hydroxyl groups is 1. The minimum absolute atomic E-state index is 0.292. The molecule has 0 aliphatic heterocycles. The Morgan fingerprint density at radius 3 is 2.82 bits per heavy atom. The lowest BCUT2D eigenvalue weighted by molar-refractivity contribution is 0.469. The van der Waals surface area contributed by atoms with Gasteiger partial charge in [-0.1, -0.05) is 15.9 Å². The molecule has 4 heteroatoms. The van der Waals surface area contributed by atoms with Gasteiger partial charge in [-0.05, 0) is 37.3 Å². The molecule has 0 fully saturated rings. The molecule has 2 rings (SSSR count). The van der Waals surface area contributed by atoms with Crippen molar-refractivity contribution in [2.24, 2.45) is 0 Å². The van der Waals surface area contributed by atoms with E-state index in [9.17, 15) is 5.11 Å². The van der Waals surface area contributed by atoms with Crippen LogP contribution in [-0.2, 0) is 6.54 Å². The number of pyridine rings is 1. The average molecular weight is 293 g/mol. The molecule has 0 atom stereocenters. The summed E-state index contributed by atoms with van der Waals surface area (Å²) in [6.45, 7) is 2.51. The third-order valence-electron chi connectivity index (χ3n) is 2.44. The van der Waals surface area contributed by atoms with Crippen LogP contribution >= 0.6 is 15.9 Å². The summed E-state index contributed by atoms with van der Waals surface area (Å²) in [6.07, 6.45) is 1.78. The second-order valence-electron chi connectivity index (χ2n) is 3.81. The predicted octanol–water partition coefficient (Wildman–Crippen LogP) is 3.47. The molecule has 0 radical (unpaired) electrons. The molecular formula is C13H13BrN2O. The average Bonchev–Trinajstić information content (AvgIpc) is 2.32. The highest BCUT2D eigenvalue weighted by atomic mass is 79.9. The summed E-state index contributed by atoms with van der Waals surface area (Å²) < 4.78 is 0.953. The van der Waals surface area contributed by atoms with Crippen LogP contribution in [-0.4, -0.2) is 10.1 Å². The van der Waals surface area contributed by atoms with Crippen LogP contribution < -0.4 is 5.32 Å². The smallest absolute Gasteiger partial charge is 0.120 e.